The molecule has 98 valence electrons. The summed E-state index contributed by atoms with van der Waals surface area (Å²) in [5, 5.41) is 8.79. The highest BCUT2D eigenvalue weighted by atomic mass is 16.4. The number of hydrogen-bond donors (Lipinski definition) is 3. The number of hydrogen-bond acceptors (Lipinski definition) is 3. The zero-order chi connectivity index (χ0) is 13.1. The van der Waals surface area contributed by atoms with E-state index in [1.54, 1.807) is 0 Å². The summed E-state index contributed by atoms with van der Waals surface area (Å²) in [4.78, 5) is 10.7. The predicted octanol–water partition coefficient (Wildman–Crippen LogP) is 1.81. The molecular formula is C14H20N2O2. The smallest absolute Gasteiger partial charge is 0.303 e. The summed E-state index contributed by atoms with van der Waals surface area (Å²) in [6.07, 6.45) is 0.847. The van der Waals surface area contributed by atoms with E-state index >= 15 is 0 Å². The van der Waals surface area contributed by atoms with Crippen LogP contribution in [0.25, 0.3) is 0 Å². The number of carbonyl (C=O) groups is 1. The highest BCUT2D eigenvalue weighted by molar-refractivity contribution is 5.66. The lowest BCUT2D eigenvalue weighted by Gasteiger charge is -2.21. The number of rotatable bonds is 4. The van der Waals surface area contributed by atoms with E-state index in [1.807, 2.05) is 0 Å². The summed E-state index contributed by atoms with van der Waals surface area (Å²) in [6.45, 7) is 4.21. The Bertz CT molecular complexity index is 434. The second-order valence-electron chi connectivity index (χ2n) is 5.06. The molecule has 4 heteroatoms. The van der Waals surface area contributed by atoms with E-state index in [2.05, 4.69) is 49.0 Å². The van der Waals surface area contributed by atoms with Crippen molar-refractivity contribution < 1.29 is 9.90 Å². The highest BCUT2D eigenvalue weighted by Gasteiger charge is 2.34. The first-order chi connectivity index (χ1) is 8.58. The van der Waals surface area contributed by atoms with Crippen LogP contribution in [0, 0.1) is 6.92 Å². The van der Waals surface area contributed by atoms with Crippen LogP contribution in [0.1, 0.15) is 36.8 Å². The first kappa shape index (κ1) is 13.1. The Morgan fingerprint density at radius 2 is 2.17 bits per heavy atom. The predicted molar refractivity (Wildman–Crippen MR) is 70.3 cm³/mol. The van der Waals surface area contributed by atoms with Gasteiger partial charge in [-0.15, -0.1) is 0 Å². The van der Waals surface area contributed by atoms with Gasteiger partial charge in [-0.3, -0.25) is 15.6 Å². The SMILES string of the molecule is Cc1cccc(C2C(C)NNC2CCC(=O)O)c1. The second-order valence-corrected chi connectivity index (χ2v) is 5.06. The fourth-order valence-electron chi connectivity index (χ4n) is 2.70. The van der Waals surface area contributed by atoms with Gasteiger partial charge in [0.2, 0.25) is 0 Å². The molecule has 1 aromatic carbocycles. The van der Waals surface area contributed by atoms with Gasteiger partial charge < -0.3 is 5.11 Å². The molecule has 0 saturated carbocycles. The molecule has 0 amide bonds. The molecule has 0 aromatic heterocycles. The lowest BCUT2D eigenvalue weighted by atomic mass is 9.85. The Morgan fingerprint density at radius 1 is 1.39 bits per heavy atom. The fourth-order valence-corrected chi connectivity index (χ4v) is 2.70. The molecule has 3 N–H and O–H groups in total. The third-order valence-corrected chi connectivity index (χ3v) is 3.56. The molecule has 0 spiro atoms. The van der Waals surface area contributed by atoms with E-state index in [9.17, 15) is 4.79 Å². The monoisotopic (exact) mass is 248 g/mol. The van der Waals surface area contributed by atoms with E-state index in [-0.39, 0.29) is 12.5 Å². The van der Waals surface area contributed by atoms with Gasteiger partial charge >= 0.3 is 5.97 Å². The molecule has 1 saturated heterocycles. The maximum atomic E-state index is 10.7. The lowest BCUT2D eigenvalue weighted by molar-refractivity contribution is -0.137. The minimum absolute atomic E-state index is 0.179. The van der Waals surface area contributed by atoms with E-state index < -0.39 is 5.97 Å². The molecule has 1 aliphatic heterocycles. The summed E-state index contributed by atoms with van der Waals surface area (Å²) >= 11 is 0. The summed E-state index contributed by atoms with van der Waals surface area (Å²) in [7, 11) is 0. The second kappa shape index (κ2) is 5.50. The quantitative estimate of drug-likeness (QED) is 0.760. The number of benzene rings is 1. The number of carboxylic acid groups (broad SMARTS) is 1. The van der Waals surface area contributed by atoms with Crippen molar-refractivity contribution in [3.8, 4) is 0 Å². The van der Waals surface area contributed by atoms with E-state index in [0.29, 0.717) is 18.4 Å². The molecule has 4 nitrogen and oxygen atoms in total. The normalized spacial score (nSPS) is 27.3. The average Bonchev–Trinajstić information content (AvgIpc) is 2.68. The largest absolute Gasteiger partial charge is 0.481 e. The highest BCUT2D eigenvalue weighted by Crippen LogP contribution is 2.29. The van der Waals surface area contributed by atoms with Crippen molar-refractivity contribution in [2.75, 3.05) is 0 Å². The molecule has 0 bridgehead atoms. The van der Waals surface area contributed by atoms with Crippen molar-refractivity contribution >= 4 is 5.97 Å². The van der Waals surface area contributed by atoms with Crippen molar-refractivity contribution in [1.29, 1.82) is 0 Å². The van der Waals surface area contributed by atoms with Crippen molar-refractivity contribution in [1.82, 2.24) is 10.9 Å². The minimum atomic E-state index is -0.737. The van der Waals surface area contributed by atoms with Crippen LogP contribution in [0.15, 0.2) is 24.3 Å². The van der Waals surface area contributed by atoms with Crippen molar-refractivity contribution in [3.05, 3.63) is 35.4 Å². The lowest BCUT2D eigenvalue weighted by Crippen LogP contribution is -2.32. The van der Waals surface area contributed by atoms with E-state index in [4.69, 9.17) is 5.11 Å². The number of hydrazine groups is 1. The van der Waals surface area contributed by atoms with Gasteiger partial charge in [0.25, 0.3) is 0 Å². The van der Waals surface area contributed by atoms with E-state index in [0.717, 1.165) is 0 Å². The Hall–Kier alpha value is -1.39. The number of aryl methyl sites for hydroxylation is 1. The Balaban J connectivity index is 2.14. The van der Waals surface area contributed by atoms with Gasteiger partial charge in [-0.1, -0.05) is 29.8 Å². The summed E-state index contributed by atoms with van der Waals surface area (Å²) in [6, 6.07) is 8.93. The van der Waals surface area contributed by atoms with Gasteiger partial charge in [-0.25, -0.2) is 0 Å². The van der Waals surface area contributed by atoms with Crippen LogP contribution in [0.2, 0.25) is 0 Å². The zero-order valence-corrected chi connectivity index (χ0v) is 10.8. The van der Waals surface area contributed by atoms with Crippen molar-refractivity contribution in [3.63, 3.8) is 0 Å². The summed E-state index contributed by atoms with van der Waals surface area (Å²) in [5.74, 6) is -0.413. The van der Waals surface area contributed by atoms with Gasteiger partial charge in [0.15, 0.2) is 0 Å². The van der Waals surface area contributed by atoms with Crippen LogP contribution in [0.5, 0.6) is 0 Å². The molecule has 3 unspecified atom stereocenters. The number of aliphatic carboxylic acids is 1. The Kier molecular flexibility index (Phi) is 3.99. The minimum Gasteiger partial charge on any atom is -0.481 e. The zero-order valence-electron chi connectivity index (χ0n) is 10.8. The van der Waals surface area contributed by atoms with Crippen LogP contribution in [0.4, 0.5) is 0 Å². The molecule has 0 aliphatic carbocycles. The molecule has 3 atom stereocenters. The molecule has 1 aromatic rings. The topological polar surface area (TPSA) is 61.4 Å². The van der Waals surface area contributed by atoms with Crippen LogP contribution in [-0.2, 0) is 4.79 Å². The summed E-state index contributed by atoms with van der Waals surface area (Å²) in [5.41, 5.74) is 8.95. The van der Waals surface area contributed by atoms with Crippen LogP contribution < -0.4 is 10.9 Å². The number of carboxylic acids is 1. The number of nitrogens with one attached hydrogen (secondary N) is 2. The molecular weight excluding hydrogens is 228 g/mol. The third kappa shape index (κ3) is 2.89. The molecule has 2 rings (SSSR count). The van der Waals surface area contributed by atoms with Gasteiger partial charge in [-0.05, 0) is 25.8 Å². The maximum Gasteiger partial charge on any atom is 0.303 e. The third-order valence-electron chi connectivity index (χ3n) is 3.56. The standard InChI is InChI=1S/C14H20N2O2/c1-9-4-3-5-11(8-9)14-10(2)15-16-12(14)6-7-13(17)18/h3-5,8,10,12,14-16H,6-7H2,1-2H3,(H,17,18). The molecule has 1 aliphatic rings. The van der Waals surface area contributed by atoms with Crippen LogP contribution in [0.3, 0.4) is 0 Å². The van der Waals surface area contributed by atoms with Gasteiger partial charge in [-0.2, -0.15) is 0 Å². The van der Waals surface area contributed by atoms with Gasteiger partial charge in [0.05, 0.1) is 0 Å². The van der Waals surface area contributed by atoms with Crippen molar-refractivity contribution in [2.24, 2.45) is 0 Å². The fraction of sp³-hybridized carbons (Fsp3) is 0.500. The molecule has 1 heterocycles. The van der Waals surface area contributed by atoms with Crippen LogP contribution >= 0.6 is 0 Å². The Morgan fingerprint density at radius 3 is 2.83 bits per heavy atom. The molecule has 0 radical (unpaired) electrons. The van der Waals surface area contributed by atoms with E-state index in [1.165, 1.54) is 11.1 Å². The molecule has 18 heavy (non-hydrogen) atoms. The Labute approximate surface area is 107 Å². The molecule has 1 fully saturated rings. The maximum absolute atomic E-state index is 10.7. The van der Waals surface area contributed by atoms with Gasteiger partial charge in [0, 0.05) is 24.4 Å². The first-order valence-corrected chi connectivity index (χ1v) is 6.37. The van der Waals surface area contributed by atoms with Gasteiger partial charge in [0.1, 0.15) is 0 Å². The first-order valence-electron chi connectivity index (χ1n) is 6.37. The summed E-state index contributed by atoms with van der Waals surface area (Å²) < 4.78 is 0. The average molecular weight is 248 g/mol. The van der Waals surface area contributed by atoms with Crippen molar-refractivity contribution in [2.45, 2.75) is 44.7 Å². The van der Waals surface area contributed by atoms with Crippen LogP contribution in [-0.4, -0.2) is 23.2 Å².